The minimum Gasteiger partial charge on any atom is -0.423 e. The number of piperidine rings is 1. The van der Waals surface area contributed by atoms with E-state index >= 15 is 0 Å². The normalized spacial score (nSPS) is 21.6. The molecule has 1 atom stereocenters. The molecule has 7 heteroatoms. The number of rotatable bonds is 4. The number of nitrogens with two attached hydrogens (primary N) is 1. The highest BCUT2D eigenvalue weighted by atomic mass is 16.4. The van der Waals surface area contributed by atoms with Gasteiger partial charge in [-0.15, -0.1) is 0 Å². The summed E-state index contributed by atoms with van der Waals surface area (Å²) in [5.74, 6) is 0.196. The molecule has 1 unspecified atom stereocenters. The van der Waals surface area contributed by atoms with Gasteiger partial charge in [-0.1, -0.05) is 48.6 Å². The summed E-state index contributed by atoms with van der Waals surface area (Å²) in [5.41, 5.74) is 9.62. The van der Waals surface area contributed by atoms with Crippen molar-refractivity contribution in [3.63, 3.8) is 0 Å². The van der Waals surface area contributed by atoms with E-state index in [1.165, 1.54) is 5.56 Å². The van der Waals surface area contributed by atoms with Crippen LogP contribution in [0.25, 0.3) is 0 Å². The van der Waals surface area contributed by atoms with Gasteiger partial charge in [-0.3, -0.25) is 4.79 Å². The summed E-state index contributed by atoms with van der Waals surface area (Å²) in [4.78, 5) is 15.1. The second-order valence-electron chi connectivity index (χ2n) is 7.71. The topological polar surface area (TPSA) is 98.8 Å². The van der Waals surface area contributed by atoms with Gasteiger partial charge in [0.1, 0.15) is 5.70 Å². The standard InChI is InChI=1S/C22H26BN3O3/c24-14-15-3-1-5-18(13-15)16-8-11-26(12-9-16)22(27)21-20-17(7-10-25-21)4-2-6-19(20)23(28)29/h1-7,10,13,16-17,25,28-29H,8-9,11-12,14,24H2. The summed E-state index contributed by atoms with van der Waals surface area (Å²) in [6, 6.07) is 8.38. The van der Waals surface area contributed by atoms with E-state index in [4.69, 9.17) is 5.73 Å². The van der Waals surface area contributed by atoms with Crippen LogP contribution in [0.3, 0.4) is 0 Å². The number of benzene rings is 1. The van der Waals surface area contributed by atoms with Gasteiger partial charge in [0, 0.05) is 25.6 Å². The van der Waals surface area contributed by atoms with Gasteiger partial charge in [0.2, 0.25) is 0 Å². The van der Waals surface area contributed by atoms with Crippen molar-refractivity contribution in [2.45, 2.75) is 25.3 Å². The van der Waals surface area contributed by atoms with E-state index in [2.05, 4.69) is 17.4 Å². The fourth-order valence-corrected chi connectivity index (χ4v) is 4.39. The summed E-state index contributed by atoms with van der Waals surface area (Å²) in [6.07, 6.45) is 10.9. The Balaban J connectivity index is 1.50. The van der Waals surface area contributed by atoms with Crippen LogP contribution in [0.1, 0.15) is 29.9 Å². The van der Waals surface area contributed by atoms with Crippen LogP contribution in [0, 0.1) is 5.92 Å². The van der Waals surface area contributed by atoms with Gasteiger partial charge in [-0.25, -0.2) is 0 Å². The number of dihydropyridines is 1. The fourth-order valence-electron chi connectivity index (χ4n) is 4.39. The van der Waals surface area contributed by atoms with E-state index in [1.807, 2.05) is 29.2 Å². The van der Waals surface area contributed by atoms with E-state index < -0.39 is 7.12 Å². The number of nitrogens with one attached hydrogen (secondary N) is 1. The molecule has 150 valence electrons. The van der Waals surface area contributed by atoms with Crippen molar-refractivity contribution in [2.75, 3.05) is 13.1 Å². The number of amides is 1. The smallest absolute Gasteiger partial charge is 0.423 e. The van der Waals surface area contributed by atoms with E-state index in [0.717, 1.165) is 18.4 Å². The van der Waals surface area contributed by atoms with Gasteiger partial charge in [-0.2, -0.15) is 0 Å². The Morgan fingerprint density at radius 1 is 1.24 bits per heavy atom. The molecule has 2 heterocycles. The van der Waals surface area contributed by atoms with Crippen LogP contribution in [-0.2, 0) is 11.3 Å². The molecule has 2 aliphatic heterocycles. The molecule has 5 N–H and O–H groups in total. The second-order valence-corrected chi connectivity index (χ2v) is 7.71. The molecule has 1 aliphatic carbocycles. The molecule has 0 bridgehead atoms. The van der Waals surface area contributed by atoms with Gasteiger partial charge in [-0.05, 0) is 47.1 Å². The number of hydrogen-bond acceptors (Lipinski definition) is 5. The lowest BCUT2D eigenvalue weighted by Gasteiger charge is -2.35. The second kappa shape index (κ2) is 8.41. The number of hydrogen-bond donors (Lipinski definition) is 4. The third kappa shape index (κ3) is 3.94. The molecule has 1 saturated heterocycles. The minimum absolute atomic E-state index is 0.0923. The lowest BCUT2D eigenvalue weighted by atomic mass is 9.67. The predicted molar refractivity (Wildman–Crippen MR) is 113 cm³/mol. The molecule has 29 heavy (non-hydrogen) atoms. The van der Waals surface area contributed by atoms with Crippen LogP contribution < -0.4 is 11.1 Å². The molecule has 0 radical (unpaired) electrons. The van der Waals surface area contributed by atoms with Gasteiger partial charge >= 0.3 is 7.12 Å². The number of fused-ring (bicyclic) bond motifs is 1. The maximum absolute atomic E-state index is 13.3. The Kier molecular flexibility index (Phi) is 5.71. The number of nitrogens with zero attached hydrogens (tertiary/aromatic N) is 1. The summed E-state index contributed by atoms with van der Waals surface area (Å²) in [7, 11) is -1.62. The first kappa shape index (κ1) is 19.7. The molecule has 0 saturated carbocycles. The van der Waals surface area contributed by atoms with Gasteiger partial charge in [0.15, 0.2) is 0 Å². The highest BCUT2D eigenvalue weighted by Gasteiger charge is 2.34. The quantitative estimate of drug-likeness (QED) is 0.581. The van der Waals surface area contributed by atoms with Crippen molar-refractivity contribution in [3.8, 4) is 0 Å². The van der Waals surface area contributed by atoms with E-state index in [-0.39, 0.29) is 11.8 Å². The van der Waals surface area contributed by atoms with Crippen LogP contribution in [-0.4, -0.2) is 41.1 Å². The van der Waals surface area contributed by atoms with Crippen LogP contribution in [0.4, 0.5) is 0 Å². The molecule has 0 aromatic heterocycles. The Hall–Kier alpha value is -2.61. The first-order valence-electron chi connectivity index (χ1n) is 10.1. The van der Waals surface area contributed by atoms with Crippen LogP contribution >= 0.6 is 0 Å². The molecule has 3 aliphatic rings. The van der Waals surface area contributed by atoms with Crippen LogP contribution in [0.15, 0.2) is 71.5 Å². The van der Waals surface area contributed by atoms with E-state index in [9.17, 15) is 14.8 Å². The van der Waals surface area contributed by atoms with Crippen LogP contribution in [0.5, 0.6) is 0 Å². The fraction of sp³-hybridized carbons (Fsp3) is 0.318. The Morgan fingerprint density at radius 2 is 2.03 bits per heavy atom. The molecule has 1 aromatic rings. The Labute approximate surface area is 171 Å². The molecule has 1 aromatic carbocycles. The monoisotopic (exact) mass is 391 g/mol. The van der Waals surface area contributed by atoms with E-state index in [1.54, 1.807) is 18.4 Å². The van der Waals surface area contributed by atoms with Crippen molar-refractivity contribution in [1.82, 2.24) is 10.2 Å². The Morgan fingerprint density at radius 3 is 2.76 bits per heavy atom. The molecule has 0 spiro atoms. The zero-order valence-electron chi connectivity index (χ0n) is 16.3. The third-order valence-electron chi connectivity index (χ3n) is 5.97. The maximum atomic E-state index is 13.3. The largest absolute Gasteiger partial charge is 0.488 e. The first-order chi connectivity index (χ1) is 14.1. The molecular weight excluding hydrogens is 365 g/mol. The van der Waals surface area contributed by atoms with Crippen molar-refractivity contribution < 1.29 is 14.8 Å². The maximum Gasteiger partial charge on any atom is 0.488 e. The minimum atomic E-state index is -1.62. The average Bonchev–Trinajstić information content (AvgIpc) is 2.77. The average molecular weight is 391 g/mol. The van der Waals surface area contributed by atoms with Crippen molar-refractivity contribution >= 4 is 13.0 Å². The number of carbonyl (C=O) groups excluding carboxylic acids is 1. The lowest BCUT2D eigenvalue weighted by Crippen LogP contribution is -2.42. The van der Waals surface area contributed by atoms with Gasteiger partial charge < -0.3 is 26.0 Å². The summed E-state index contributed by atoms with van der Waals surface area (Å²) in [5, 5.41) is 22.6. The van der Waals surface area contributed by atoms with Gasteiger partial charge in [0.25, 0.3) is 5.91 Å². The molecular formula is C22H26BN3O3. The zero-order valence-corrected chi connectivity index (χ0v) is 16.3. The predicted octanol–water partition coefficient (Wildman–Crippen LogP) is 1.35. The summed E-state index contributed by atoms with van der Waals surface area (Å²) < 4.78 is 0. The van der Waals surface area contributed by atoms with Crippen molar-refractivity contribution in [3.05, 3.63) is 82.6 Å². The lowest BCUT2D eigenvalue weighted by molar-refractivity contribution is -0.128. The molecule has 4 rings (SSSR count). The molecule has 6 nitrogen and oxygen atoms in total. The number of allylic oxidation sites excluding steroid dienone is 6. The van der Waals surface area contributed by atoms with Crippen LogP contribution in [0.2, 0.25) is 0 Å². The third-order valence-corrected chi connectivity index (χ3v) is 5.97. The zero-order chi connectivity index (χ0) is 20.4. The summed E-state index contributed by atoms with van der Waals surface area (Å²) >= 11 is 0. The molecule has 1 fully saturated rings. The van der Waals surface area contributed by atoms with E-state index in [0.29, 0.717) is 42.3 Å². The molecule has 1 amide bonds. The van der Waals surface area contributed by atoms with Gasteiger partial charge in [0.05, 0.1) is 0 Å². The summed E-state index contributed by atoms with van der Waals surface area (Å²) in [6.45, 7) is 1.86. The van der Waals surface area contributed by atoms with Crippen molar-refractivity contribution in [1.29, 1.82) is 0 Å². The highest BCUT2D eigenvalue weighted by Crippen LogP contribution is 2.34. The Bertz CT molecular complexity index is 912. The number of likely N-dealkylation sites (tertiary alicyclic amines) is 1. The highest BCUT2D eigenvalue weighted by molar-refractivity contribution is 6.52. The number of carbonyl (C=O) groups is 1. The first-order valence-corrected chi connectivity index (χ1v) is 10.1. The SMILES string of the molecule is NCc1cccc(C2CCN(C(=O)C3=C4C(B(O)O)=CC=CC4C=CN3)CC2)c1. The van der Waals surface area contributed by atoms with Crippen molar-refractivity contribution in [2.24, 2.45) is 11.7 Å².